The first-order valence-corrected chi connectivity index (χ1v) is 7.67. The van der Waals surface area contributed by atoms with E-state index in [4.69, 9.17) is 15.1 Å². The lowest BCUT2D eigenvalue weighted by Gasteiger charge is -2.11. The average Bonchev–Trinajstić information content (AvgIpc) is 2.84. The van der Waals surface area contributed by atoms with Crippen molar-refractivity contribution in [1.29, 1.82) is 0 Å². The lowest BCUT2D eigenvalue weighted by atomic mass is 10.1. The number of oxazole rings is 1. The Labute approximate surface area is 127 Å². The largest absolute Gasteiger partial charge is 0.439 e. The van der Waals surface area contributed by atoms with Gasteiger partial charge in [-0.25, -0.2) is 9.97 Å². The summed E-state index contributed by atoms with van der Waals surface area (Å²) in [5.41, 5.74) is 8.92. The Bertz CT molecular complexity index is 767. The lowest BCUT2D eigenvalue weighted by molar-refractivity contribution is 0.453. The molecular formula is C16H17N3OS. The molecule has 0 aliphatic carbocycles. The third-order valence-corrected chi connectivity index (χ3v) is 4.00. The van der Waals surface area contributed by atoms with Gasteiger partial charge in [0.2, 0.25) is 0 Å². The van der Waals surface area contributed by atoms with Crippen LogP contribution >= 0.6 is 11.8 Å². The van der Waals surface area contributed by atoms with Crippen LogP contribution in [-0.2, 0) is 6.42 Å². The minimum absolute atomic E-state index is 0.0820. The van der Waals surface area contributed by atoms with Crippen LogP contribution in [0.25, 0.3) is 10.9 Å². The number of benzene rings is 1. The lowest BCUT2D eigenvalue weighted by Crippen LogP contribution is -2.18. The average molecular weight is 299 g/mol. The maximum atomic E-state index is 5.96. The fraction of sp³-hybridized carbons (Fsp3) is 0.250. The van der Waals surface area contributed by atoms with Crippen molar-refractivity contribution in [1.82, 2.24) is 9.97 Å². The number of aryl methyl sites for hydroxylation is 1. The van der Waals surface area contributed by atoms with Crippen LogP contribution in [0, 0.1) is 6.92 Å². The Morgan fingerprint density at radius 3 is 2.81 bits per heavy atom. The fourth-order valence-corrected chi connectivity index (χ4v) is 3.05. The molecule has 0 radical (unpaired) electrons. The second-order valence-corrected chi connectivity index (χ2v) is 6.12. The zero-order valence-corrected chi connectivity index (χ0v) is 12.9. The normalized spacial score (nSPS) is 12.7. The molecule has 2 aromatic heterocycles. The van der Waals surface area contributed by atoms with Crippen LogP contribution in [-0.4, -0.2) is 16.0 Å². The topological polar surface area (TPSA) is 64.9 Å². The molecule has 0 saturated heterocycles. The van der Waals surface area contributed by atoms with E-state index in [2.05, 4.69) is 17.1 Å². The summed E-state index contributed by atoms with van der Waals surface area (Å²) in [7, 11) is 0. The van der Waals surface area contributed by atoms with Crippen LogP contribution in [0.2, 0.25) is 0 Å². The molecule has 0 spiro atoms. The van der Waals surface area contributed by atoms with Crippen LogP contribution in [0.15, 0.2) is 51.3 Å². The van der Waals surface area contributed by atoms with Crippen molar-refractivity contribution in [2.75, 3.05) is 0 Å². The highest BCUT2D eigenvalue weighted by Crippen LogP contribution is 2.31. The van der Waals surface area contributed by atoms with Crippen LogP contribution in [0.1, 0.15) is 18.2 Å². The Balaban J connectivity index is 2.04. The Kier molecular flexibility index (Phi) is 3.94. The number of hydrogen-bond acceptors (Lipinski definition) is 5. The number of nitrogens with zero attached hydrogens (tertiary/aromatic N) is 2. The molecule has 3 rings (SSSR count). The molecule has 0 aliphatic heterocycles. The van der Waals surface area contributed by atoms with Crippen molar-refractivity contribution < 1.29 is 4.42 Å². The van der Waals surface area contributed by atoms with Crippen molar-refractivity contribution >= 4 is 22.7 Å². The molecule has 1 aromatic carbocycles. The summed E-state index contributed by atoms with van der Waals surface area (Å²) in [6.45, 7) is 3.91. The quantitative estimate of drug-likeness (QED) is 0.797. The molecule has 0 saturated carbocycles. The van der Waals surface area contributed by atoms with Gasteiger partial charge in [0.1, 0.15) is 11.3 Å². The third-order valence-electron chi connectivity index (χ3n) is 3.09. The molecular weight excluding hydrogens is 282 g/mol. The predicted molar refractivity (Wildman–Crippen MR) is 84.5 cm³/mol. The Morgan fingerprint density at radius 1 is 1.29 bits per heavy atom. The van der Waals surface area contributed by atoms with Gasteiger partial charge in [0.05, 0.1) is 11.2 Å². The molecule has 1 atom stereocenters. The van der Waals surface area contributed by atoms with Crippen LogP contribution in [0.3, 0.4) is 0 Å². The molecule has 0 amide bonds. The van der Waals surface area contributed by atoms with Crippen LogP contribution in [0.4, 0.5) is 0 Å². The maximum absolute atomic E-state index is 5.96. The maximum Gasteiger partial charge on any atom is 0.262 e. The number of rotatable bonds is 4. The van der Waals surface area contributed by atoms with Crippen molar-refractivity contribution in [2.45, 2.75) is 36.6 Å². The molecule has 4 nitrogen and oxygen atoms in total. The van der Waals surface area contributed by atoms with Crippen LogP contribution < -0.4 is 5.73 Å². The molecule has 0 fully saturated rings. The Hall–Kier alpha value is -1.85. The van der Waals surface area contributed by atoms with Gasteiger partial charge in [-0.1, -0.05) is 18.2 Å². The summed E-state index contributed by atoms with van der Waals surface area (Å²) in [6.07, 6.45) is 2.43. The molecule has 1 unspecified atom stereocenters. The van der Waals surface area contributed by atoms with Crippen molar-refractivity contribution in [3.05, 3.63) is 47.9 Å². The fourth-order valence-electron chi connectivity index (χ4n) is 2.19. The van der Waals surface area contributed by atoms with Gasteiger partial charge in [0, 0.05) is 11.4 Å². The van der Waals surface area contributed by atoms with Gasteiger partial charge < -0.3 is 10.2 Å². The van der Waals surface area contributed by atoms with E-state index in [1.54, 1.807) is 6.26 Å². The highest BCUT2D eigenvalue weighted by Gasteiger charge is 2.13. The van der Waals surface area contributed by atoms with E-state index in [0.717, 1.165) is 33.6 Å². The number of pyridine rings is 1. The van der Waals surface area contributed by atoms with E-state index in [1.807, 2.05) is 32.0 Å². The van der Waals surface area contributed by atoms with Gasteiger partial charge in [-0.15, -0.1) is 0 Å². The Morgan fingerprint density at radius 2 is 2.10 bits per heavy atom. The van der Waals surface area contributed by atoms with Gasteiger partial charge in [-0.3, -0.25) is 0 Å². The highest BCUT2D eigenvalue weighted by molar-refractivity contribution is 7.99. The van der Waals surface area contributed by atoms with Crippen molar-refractivity contribution in [2.24, 2.45) is 5.73 Å². The second-order valence-electron chi connectivity index (χ2n) is 5.18. The summed E-state index contributed by atoms with van der Waals surface area (Å²) in [6, 6.07) is 10.3. The summed E-state index contributed by atoms with van der Waals surface area (Å²) in [4.78, 5) is 9.07. The predicted octanol–water partition coefficient (Wildman–Crippen LogP) is 3.57. The molecule has 0 bridgehead atoms. The van der Waals surface area contributed by atoms with Gasteiger partial charge in [-0.05, 0) is 49.7 Å². The van der Waals surface area contributed by atoms with Gasteiger partial charge in [0.25, 0.3) is 5.22 Å². The molecule has 108 valence electrons. The molecule has 3 aromatic rings. The van der Waals surface area contributed by atoms with Gasteiger partial charge in [-0.2, -0.15) is 0 Å². The highest BCUT2D eigenvalue weighted by atomic mass is 32.2. The second kappa shape index (κ2) is 5.87. The number of fused-ring (bicyclic) bond motifs is 1. The standard InChI is InChI=1S/C16H17N3OS/c1-10(17)7-13-8-12-5-3-4-6-14(12)19-15(13)21-16-18-11(2)9-20-16/h3-6,8-10H,7,17H2,1-2H3. The first-order valence-electron chi connectivity index (χ1n) is 6.86. The zero-order chi connectivity index (χ0) is 14.8. The monoisotopic (exact) mass is 299 g/mol. The number of nitrogens with two attached hydrogens (primary N) is 1. The van der Waals surface area contributed by atoms with Crippen molar-refractivity contribution in [3.8, 4) is 0 Å². The first kappa shape index (κ1) is 14.1. The number of para-hydroxylation sites is 1. The minimum Gasteiger partial charge on any atom is -0.439 e. The van der Waals surface area contributed by atoms with E-state index in [1.165, 1.54) is 11.8 Å². The first-order chi connectivity index (χ1) is 10.1. The molecule has 21 heavy (non-hydrogen) atoms. The van der Waals surface area contributed by atoms with E-state index >= 15 is 0 Å². The van der Waals surface area contributed by atoms with E-state index < -0.39 is 0 Å². The minimum atomic E-state index is 0.0820. The summed E-state index contributed by atoms with van der Waals surface area (Å²) in [5.74, 6) is 0. The summed E-state index contributed by atoms with van der Waals surface area (Å²) < 4.78 is 5.42. The van der Waals surface area contributed by atoms with Crippen molar-refractivity contribution in [3.63, 3.8) is 0 Å². The SMILES string of the molecule is Cc1coc(Sc2nc3ccccc3cc2CC(C)N)n1. The smallest absolute Gasteiger partial charge is 0.262 e. The number of hydrogen-bond donors (Lipinski definition) is 1. The zero-order valence-electron chi connectivity index (χ0n) is 12.0. The van der Waals surface area contributed by atoms with E-state index in [9.17, 15) is 0 Å². The van der Waals surface area contributed by atoms with Crippen LogP contribution in [0.5, 0.6) is 0 Å². The molecule has 0 aliphatic rings. The molecule has 5 heteroatoms. The van der Waals surface area contributed by atoms with E-state index in [-0.39, 0.29) is 6.04 Å². The molecule has 2 heterocycles. The number of aromatic nitrogens is 2. The molecule has 2 N–H and O–H groups in total. The van der Waals surface area contributed by atoms with Gasteiger partial charge in [0.15, 0.2) is 0 Å². The summed E-state index contributed by atoms with van der Waals surface area (Å²) in [5, 5.41) is 2.65. The summed E-state index contributed by atoms with van der Waals surface area (Å²) >= 11 is 1.45. The van der Waals surface area contributed by atoms with Gasteiger partial charge >= 0.3 is 0 Å². The van der Waals surface area contributed by atoms with E-state index in [0.29, 0.717) is 5.22 Å². The third kappa shape index (κ3) is 3.25.